The van der Waals surface area contributed by atoms with Gasteiger partial charge in [0.05, 0.1) is 15.7 Å². The third kappa shape index (κ3) is 4.80. The Labute approximate surface area is 155 Å². The number of hydrogen-bond donors (Lipinski definition) is 3. The highest BCUT2D eigenvalue weighted by molar-refractivity contribution is 7.82. The molecule has 0 heterocycles. The van der Waals surface area contributed by atoms with Gasteiger partial charge in [0.25, 0.3) is 0 Å². The van der Waals surface area contributed by atoms with Crippen molar-refractivity contribution in [2.24, 2.45) is 5.73 Å². The van der Waals surface area contributed by atoms with Crippen LogP contribution in [-0.4, -0.2) is 18.5 Å². The molecule has 0 fully saturated rings. The van der Waals surface area contributed by atoms with Crippen LogP contribution < -0.4 is 15.4 Å². The number of nitrogens with two attached hydrogens (primary N) is 1. The lowest BCUT2D eigenvalue weighted by molar-refractivity contribution is 0.100. The molecule has 2 aromatic carbocycles. The summed E-state index contributed by atoms with van der Waals surface area (Å²) in [5, 5.41) is 3.71. The van der Waals surface area contributed by atoms with Crippen LogP contribution in [0.1, 0.15) is 15.9 Å². The van der Waals surface area contributed by atoms with Gasteiger partial charge < -0.3 is 11.1 Å². The Morgan fingerprint density at radius 1 is 1.08 bits per heavy atom. The minimum absolute atomic E-state index is 0.362. The van der Waals surface area contributed by atoms with Gasteiger partial charge in [-0.05, 0) is 48.4 Å². The van der Waals surface area contributed by atoms with Crippen molar-refractivity contribution >= 4 is 53.6 Å². The number of urea groups is 1. The lowest BCUT2D eigenvalue weighted by atomic mass is 10.1. The maximum atomic E-state index is 12.1. The molecule has 0 saturated heterocycles. The van der Waals surface area contributed by atoms with Crippen molar-refractivity contribution in [1.29, 1.82) is 0 Å². The molecule has 8 heteroatoms. The van der Waals surface area contributed by atoms with Crippen LogP contribution in [0.15, 0.2) is 42.5 Å². The fourth-order valence-corrected chi connectivity index (χ4v) is 2.49. The molecule has 0 atom stereocenters. The van der Waals surface area contributed by atoms with Crippen molar-refractivity contribution in [3.63, 3.8) is 0 Å². The molecule has 2 rings (SSSR count). The van der Waals surface area contributed by atoms with E-state index in [1.807, 2.05) is 6.07 Å². The fraction of sp³-hybridized carbons (Fsp3) is 0.125. The van der Waals surface area contributed by atoms with Gasteiger partial charge in [0, 0.05) is 12.1 Å². The highest BCUT2D eigenvalue weighted by Crippen LogP contribution is 2.22. The molecule has 0 saturated carbocycles. The Hall–Kier alpha value is -1.89. The zero-order chi connectivity index (χ0) is 17.7. The van der Waals surface area contributed by atoms with Crippen molar-refractivity contribution in [2.75, 3.05) is 10.8 Å². The number of benzene rings is 2. The summed E-state index contributed by atoms with van der Waals surface area (Å²) in [7, 11) is 0. The van der Waals surface area contributed by atoms with Gasteiger partial charge in [-0.3, -0.25) is 4.79 Å². The summed E-state index contributed by atoms with van der Waals surface area (Å²) in [4.78, 5) is 23.1. The number of primary amides is 1. The molecule has 3 amide bonds. The van der Waals surface area contributed by atoms with Crippen LogP contribution in [0.4, 0.5) is 10.5 Å². The first-order valence-electron chi connectivity index (χ1n) is 6.99. The number of nitrogens with one attached hydrogen (secondary N) is 1. The summed E-state index contributed by atoms with van der Waals surface area (Å²) < 4.78 is 1.15. The van der Waals surface area contributed by atoms with E-state index < -0.39 is 5.91 Å². The van der Waals surface area contributed by atoms with Crippen LogP contribution in [0.25, 0.3) is 0 Å². The second-order valence-electron chi connectivity index (χ2n) is 4.95. The van der Waals surface area contributed by atoms with Crippen LogP contribution in [0, 0.1) is 0 Å². The van der Waals surface area contributed by atoms with Crippen LogP contribution in [-0.2, 0) is 6.42 Å². The summed E-state index contributed by atoms with van der Waals surface area (Å²) in [6.45, 7) is 0.410. The second kappa shape index (κ2) is 8.28. The number of carbonyl (C=O) groups excluding carboxylic acids is 2. The molecule has 2 aromatic rings. The van der Waals surface area contributed by atoms with E-state index in [1.54, 1.807) is 24.3 Å². The summed E-state index contributed by atoms with van der Waals surface area (Å²) in [6, 6.07) is 11.2. The number of amides is 3. The predicted molar refractivity (Wildman–Crippen MR) is 100.0 cm³/mol. The number of nitrogens with zero attached hydrogens (tertiary/aromatic N) is 1. The van der Waals surface area contributed by atoms with Crippen molar-refractivity contribution in [1.82, 2.24) is 5.32 Å². The second-order valence-corrected chi connectivity index (χ2v) is 6.17. The van der Waals surface area contributed by atoms with Crippen LogP contribution >= 0.6 is 36.0 Å². The summed E-state index contributed by atoms with van der Waals surface area (Å²) in [6.07, 6.45) is 0.602. The topological polar surface area (TPSA) is 75.4 Å². The molecule has 0 radical (unpaired) electrons. The average Bonchev–Trinajstić information content (AvgIpc) is 2.57. The SMILES string of the molecule is NC(=O)c1ccc(N(S)C(=O)NCCc2ccc(Cl)c(Cl)c2)cc1. The number of hydrogen-bond acceptors (Lipinski definition) is 3. The number of rotatable bonds is 5. The Morgan fingerprint density at radius 3 is 2.33 bits per heavy atom. The van der Waals surface area contributed by atoms with Gasteiger partial charge >= 0.3 is 6.03 Å². The Morgan fingerprint density at radius 2 is 1.75 bits per heavy atom. The van der Waals surface area contributed by atoms with Gasteiger partial charge in [0.2, 0.25) is 5.91 Å². The van der Waals surface area contributed by atoms with E-state index >= 15 is 0 Å². The quantitative estimate of drug-likeness (QED) is 0.688. The van der Waals surface area contributed by atoms with E-state index in [4.69, 9.17) is 28.9 Å². The summed E-state index contributed by atoms with van der Waals surface area (Å²) >= 11 is 16.0. The third-order valence-electron chi connectivity index (χ3n) is 3.26. The van der Waals surface area contributed by atoms with E-state index in [2.05, 4.69) is 18.1 Å². The highest BCUT2D eigenvalue weighted by atomic mass is 35.5. The van der Waals surface area contributed by atoms with E-state index in [9.17, 15) is 9.59 Å². The fourth-order valence-electron chi connectivity index (χ4n) is 1.97. The standard InChI is InChI=1S/C16H15Cl2N3O2S/c17-13-6-1-10(9-14(13)18)7-8-20-16(23)21(24)12-4-2-11(3-5-12)15(19)22/h1-6,9,24H,7-8H2,(H2,19,22)(H,20,23). The zero-order valence-electron chi connectivity index (χ0n) is 12.5. The molecule has 0 aliphatic rings. The van der Waals surface area contributed by atoms with Crippen LogP contribution in [0.5, 0.6) is 0 Å². The minimum atomic E-state index is -0.529. The monoisotopic (exact) mass is 383 g/mol. The normalized spacial score (nSPS) is 10.3. The Kier molecular flexibility index (Phi) is 6.36. The lowest BCUT2D eigenvalue weighted by Crippen LogP contribution is -2.35. The molecule has 0 aliphatic heterocycles. The molecule has 3 N–H and O–H groups in total. The number of carbonyl (C=O) groups is 2. The van der Waals surface area contributed by atoms with E-state index in [-0.39, 0.29) is 6.03 Å². The molecule has 0 spiro atoms. The van der Waals surface area contributed by atoms with Gasteiger partial charge in [0.15, 0.2) is 0 Å². The van der Waals surface area contributed by atoms with E-state index in [1.165, 1.54) is 12.1 Å². The maximum Gasteiger partial charge on any atom is 0.331 e. The molecule has 0 unspecified atom stereocenters. The molecule has 0 aliphatic carbocycles. The average molecular weight is 384 g/mol. The first-order chi connectivity index (χ1) is 11.4. The zero-order valence-corrected chi connectivity index (χ0v) is 14.9. The van der Waals surface area contributed by atoms with Gasteiger partial charge in [-0.2, -0.15) is 0 Å². The molecular formula is C16H15Cl2N3O2S. The molecule has 5 nitrogen and oxygen atoms in total. The highest BCUT2D eigenvalue weighted by Gasteiger charge is 2.12. The first kappa shape index (κ1) is 18.4. The molecule has 0 bridgehead atoms. The molecule has 0 aromatic heterocycles. The number of halogens is 2. The minimum Gasteiger partial charge on any atom is -0.366 e. The maximum absolute atomic E-state index is 12.1. The Balaban J connectivity index is 1.89. The van der Waals surface area contributed by atoms with Crippen molar-refractivity contribution < 1.29 is 9.59 Å². The van der Waals surface area contributed by atoms with Crippen molar-refractivity contribution in [2.45, 2.75) is 6.42 Å². The van der Waals surface area contributed by atoms with E-state index in [0.717, 1.165) is 9.87 Å². The largest absolute Gasteiger partial charge is 0.366 e. The van der Waals surface area contributed by atoms with Gasteiger partial charge in [-0.1, -0.05) is 42.1 Å². The first-order valence-corrected chi connectivity index (χ1v) is 8.14. The van der Waals surface area contributed by atoms with Crippen molar-refractivity contribution in [3.05, 3.63) is 63.6 Å². The van der Waals surface area contributed by atoms with Gasteiger partial charge in [-0.15, -0.1) is 0 Å². The number of anilines is 1. The van der Waals surface area contributed by atoms with Gasteiger partial charge in [-0.25, -0.2) is 9.10 Å². The van der Waals surface area contributed by atoms with Crippen LogP contribution in [0.2, 0.25) is 10.0 Å². The third-order valence-corrected chi connectivity index (χ3v) is 4.41. The molecule has 126 valence electrons. The lowest BCUT2D eigenvalue weighted by Gasteiger charge is -2.16. The van der Waals surface area contributed by atoms with Crippen LogP contribution in [0.3, 0.4) is 0 Å². The summed E-state index contributed by atoms with van der Waals surface area (Å²) in [5.41, 5.74) is 7.02. The molecule has 24 heavy (non-hydrogen) atoms. The smallest absolute Gasteiger partial charge is 0.331 e. The van der Waals surface area contributed by atoms with Crippen molar-refractivity contribution in [3.8, 4) is 0 Å². The summed E-state index contributed by atoms with van der Waals surface area (Å²) in [5.74, 6) is -0.529. The van der Waals surface area contributed by atoms with Gasteiger partial charge in [0.1, 0.15) is 0 Å². The molecular weight excluding hydrogens is 369 g/mol. The van der Waals surface area contributed by atoms with E-state index in [0.29, 0.717) is 34.3 Å². The number of thiol groups is 1. The predicted octanol–water partition coefficient (Wildman–Crippen LogP) is 3.70. The Bertz CT molecular complexity index is 753.